The van der Waals surface area contributed by atoms with E-state index < -0.39 is 15.9 Å². The Kier molecular flexibility index (Phi) is 6.66. The fraction of sp³-hybridized carbons (Fsp3) is 0.217. The number of carbonyl (C=O) groups is 1. The number of benzene rings is 3. The molecule has 166 valence electrons. The first kappa shape index (κ1) is 22.2. The molecule has 0 aromatic heterocycles. The van der Waals surface area contributed by atoms with Gasteiger partial charge in [0, 0.05) is 16.9 Å². The van der Waals surface area contributed by atoms with Crippen LogP contribution in [0.25, 0.3) is 10.8 Å². The number of amides is 1. The van der Waals surface area contributed by atoms with E-state index in [1.165, 1.54) is 6.21 Å². The number of hydrogen-bond donors (Lipinski definition) is 1. The van der Waals surface area contributed by atoms with Gasteiger partial charge in [-0.25, -0.2) is 13.8 Å². The number of hydrazone groups is 1. The van der Waals surface area contributed by atoms with E-state index >= 15 is 0 Å². The first-order valence-corrected chi connectivity index (χ1v) is 13.0. The SMILES string of the molecule is CS(=O)(=O)N(CC(=O)N/N=C\c1ccc(OC2CSC2)cc1)c1cccc2ccccc12. The van der Waals surface area contributed by atoms with E-state index in [0.29, 0.717) is 5.69 Å². The Balaban J connectivity index is 1.42. The van der Waals surface area contributed by atoms with Crippen LogP contribution in [0.2, 0.25) is 0 Å². The number of sulfonamides is 1. The zero-order valence-electron chi connectivity index (χ0n) is 17.5. The number of nitrogens with zero attached hydrogens (tertiary/aromatic N) is 2. The summed E-state index contributed by atoms with van der Waals surface area (Å²) in [7, 11) is -3.69. The summed E-state index contributed by atoms with van der Waals surface area (Å²) in [6, 6.07) is 20.2. The molecular weight excluding hydrogens is 446 g/mol. The second-order valence-corrected chi connectivity index (χ2v) is 10.4. The maximum atomic E-state index is 12.5. The molecule has 3 aromatic rings. The van der Waals surface area contributed by atoms with Crippen molar-refractivity contribution < 1.29 is 17.9 Å². The van der Waals surface area contributed by atoms with Crippen molar-refractivity contribution in [2.45, 2.75) is 6.10 Å². The predicted molar refractivity (Wildman–Crippen MR) is 130 cm³/mol. The van der Waals surface area contributed by atoms with Crippen molar-refractivity contribution >= 4 is 50.4 Å². The van der Waals surface area contributed by atoms with Gasteiger partial charge in [0.05, 0.1) is 18.2 Å². The maximum absolute atomic E-state index is 12.5. The minimum Gasteiger partial charge on any atom is -0.489 e. The molecule has 1 aliphatic rings. The number of ether oxygens (including phenoxy) is 1. The third-order valence-corrected chi connectivity index (χ3v) is 7.26. The van der Waals surface area contributed by atoms with E-state index in [1.807, 2.05) is 66.4 Å². The van der Waals surface area contributed by atoms with Crippen LogP contribution < -0.4 is 14.5 Å². The van der Waals surface area contributed by atoms with E-state index in [9.17, 15) is 13.2 Å². The van der Waals surface area contributed by atoms with E-state index in [2.05, 4.69) is 10.5 Å². The lowest BCUT2D eigenvalue weighted by Gasteiger charge is -2.25. The molecular formula is C23H23N3O4S2. The van der Waals surface area contributed by atoms with Crippen LogP contribution in [0.15, 0.2) is 71.8 Å². The van der Waals surface area contributed by atoms with Crippen LogP contribution >= 0.6 is 11.8 Å². The van der Waals surface area contributed by atoms with Crippen LogP contribution in [-0.2, 0) is 14.8 Å². The lowest BCUT2D eigenvalue weighted by molar-refractivity contribution is -0.119. The van der Waals surface area contributed by atoms with Crippen LogP contribution in [0.1, 0.15) is 5.56 Å². The van der Waals surface area contributed by atoms with Gasteiger partial charge in [-0.15, -0.1) is 0 Å². The third kappa shape index (κ3) is 5.41. The van der Waals surface area contributed by atoms with Crippen molar-refractivity contribution in [2.24, 2.45) is 5.10 Å². The Morgan fingerprint density at radius 3 is 2.53 bits per heavy atom. The molecule has 0 unspecified atom stereocenters. The average molecular weight is 470 g/mol. The maximum Gasteiger partial charge on any atom is 0.260 e. The van der Waals surface area contributed by atoms with Crippen LogP contribution in [0.3, 0.4) is 0 Å². The molecule has 0 atom stereocenters. The number of anilines is 1. The van der Waals surface area contributed by atoms with E-state index in [-0.39, 0.29) is 12.6 Å². The molecule has 9 heteroatoms. The first-order chi connectivity index (χ1) is 15.4. The van der Waals surface area contributed by atoms with Gasteiger partial charge in [0.25, 0.3) is 5.91 Å². The second kappa shape index (κ2) is 9.62. The van der Waals surface area contributed by atoms with Gasteiger partial charge in [-0.05, 0) is 41.3 Å². The van der Waals surface area contributed by atoms with Crippen LogP contribution in [0.5, 0.6) is 5.75 Å². The van der Waals surface area contributed by atoms with Gasteiger partial charge in [0.1, 0.15) is 18.4 Å². The first-order valence-electron chi connectivity index (χ1n) is 10.0. The molecule has 1 saturated heterocycles. The minimum absolute atomic E-state index is 0.276. The highest BCUT2D eigenvalue weighted by molar-refractivity contribution is 8.00. The Morgan fingerprint density at radius 2 is 1.84 bits per heavy atom. The van der Waals surface area contributed by atoms with Gasteiger partial charge >= 0.3 is 0 Å². The average Bonchev–Trinajstić information content (AvgIpc) is 2.74. The molecule has 0 spiro atoms. The largest absolute Gasteiger partial charge is 0.489 e. The summed E-state index contributed by atoms with van der Waals surface area (Å²) in [6.07, 6.45) is 2.86. The molecule has 0 aliphatic carbocycles. The summed E-state index contributed by atoms with van der Waals surface area (Å²) < 4.78 is 31.8. The smallest absolute Gasteiger partial charge is 0.260 e. The number of nitrogens with one attached hydrogen (secondary N) is 1. The van der Waals surface area contributed by atoms with Crippen LogP contribution in [-0.4, -0.2) is 50.9 Å². The second-order valence-electron chi connectivity index (χ2n) is 7.41. The number of fused-ring (bicyclic) bond motifs is 1. The fourth-order valence-electron chi connectivity index (χ4n) is 3.26. The van der Waals surface area contributed by atoms with Gasteiger partial charge in [-0.2, -0.15) is 16.9 Å². The summed E-state index contributed by atoms with van der Waals surface area (Å²) in [6.45, 7) is -0.379. The van der Waals surface area contributed by atoms with Gasteiger partial charge in [-0.1, -0.05) is 36.4 Å². The molecule has 0 saturated carbocycles. The lowest BCUT2D eigenvalue weighted by Crippen LogP contribution is -2.39. The van der Waals surface area contributed by atoms with Crippen molar-refractivity contribution in [3.63, 3.8) is 0 Å². The molecule has 32 heavy (non-hydrogen) atoms. The fourth-order valence-corrected chi connectivity index (χ4v) is 4.69. The molecule has 1 N–H and O–H groups in total. The van der Waals surface area contributed by atoms with Gasteiger partial charge < -0.3 is 4.74 Å². The molecule has 4 rings (SSSR count). The highest BCUT2D eigenvalue weighted by Crippen LogP contribution is 2.28. The highest BCUT2D eigenvalue weighted by Gasteiger charge is 2.22. The Hall–Kier alpha value is -3.04. The zero-order valence-corrected chi connectivity index (χ0v) is 19.1. The molecule has 0 bridgehead atoms. The molecule has 3 aromatic carbocycles. The monoisotopic (exact) mass is 469 g/mol. The number of carbonyl (C=O) groups excluding carboxylic acids is 1. The highest BCUT2D eigenvalue weighted by atomic mass is 32.2. The quantitative estimate of drug-likeness (QED) is 0.404. The van der Waals surface area contributed by atoms with Gasteiger partial charge in [0.2, 0.25) is 10.0 Å². The Morgan fingerprint density at radius 1 is 1.12 bits per heavy atom. The van der Waals surface area contributed by atoms with Crippen molar-refractivity contribution in [3.05, 3.63) is 72.3 Å². The summed E-state index contributed by atoms with van der Waals surface area (Å²) in [5.74, 6) is 2.29. The standard InChI is InChI=1S/C23H23N3O4S2/c1-32(28,29)26(22-8-4-6-18-5-2-3-7-21(18)22)14-23(27)25-24-13-17-9-11-19(12-10-17)30-20-15-31-16-20/h2-13,20H,14-16H2,1H3,(H,25,27)/b24-13-. The van der Waals surface area contributed by atoms with Crippen molar-refractivity contribution in [1.82, 2.24) is 5.43 Å². The molecule has 0 radical (unpaired) electrons. The van der Waals surface area contributed by atoms with Crippen molar-refractivity contribution in [2.75, 3.05) is 28.6 Å². The van der Waals surface area contributed by atoms with Crippen molar-refractivity contribution in [1.29, 1.82) is 0 Å². The minimum atomic E-state index is -3.69. The number of thioether (sulfide) groups is 1. The summed E-state index contributed by atoms with van der Waals surface area (Å²) in [5, 5.41) is 5.60. The number of rotatable bonds is 8. The van der Waals surface area contributed by atoms with E-state index in [1.54, 1.807) is 12.1 Å². The van der Waals surface area contributed by atoms with Gasteiger partial charge in [-0.3, -0.25) is 9.10 Å². The van der Waals surface area contributed by atoms with E-state index in [4.69, 9.17) is 4.74 Å². The summed E-state index contributed by atoms with van der Waals surface area (Å²) in [5.41, 5.74) is 3.64. The summed E-state index contributed by atoms with van der Waals surface area (Å²) >= 11 is 1.86. The molecule has 1 fully saturated rings. The normalized spacial score (nSPS) is 14.3. The Bertz CT molecular complexity index is 1230. The molecule has 7 nitrogen and oxygen atoms in total. The molecule has 1 heterocycles. The van der Waals surface area contributed by atoms with Gasteiger partial charge in [0.15, 0.2) is 0 Å². The van der Waals surface area contributed by atoms with E-state index in [0.717, 1.165) is 44.2 Å². The number of hydrogen-bond acceptors (Lipinski definition) is 6. The van der Waals surface area contributed by atoms with Crippen LogP contribution in [0.4, 0.5) is 5.69 Å². The van der Waals surface area contributed by atoms with Crippen LogP contribution in [0, 0.1) is 0 Å². The third-order valence-electron chi connectivity index (χ3n) is 4.92. The van der Waals surface area contributed by atoms with Crippen molar-refractivity contribution in [3.8, 4) is 5.75 Å². The summed E-state index contributed by atoms with van der Waals surface area (Å²) in [4.78, 5) is 12.5. The molecule has 1 aliphatic heterocycles. The lowest BCUT2D eigenvalue weighted by atomic mass is 10.1. The topological polar surface area (TPSA) is 88.1 Å². The predicted octanol–water partition coefficient (Wildman–Crippen LogP) is 3.25. The molecule has 1 amide bonds. The zero-order chi connectivity index (χ0) is 22.6. The Labute approximate surface area is 191 Å².